The van der Waals surface area contributed by atoms with Gasteiger partial charge in [-0.3, -0.25) is 0 Å². The van der Waals surface area contributed by atoms with E-state index < -0.39 is 12.1 Å². The average Bonchev–Trinajstić information content (AvgIpc) is 2.57. The van der Waals surface area contributed by atoms with Crippen LogP contribution in [0, 0.1) is 0 Å². The Labute approximate surface area is 93.5 Å². The van der Waals surface area contributed by atoms with Crippen molar-refractivity contribution >= 4 is 5.97 Å². The van der Waals surface area contributed by atoms with Gasteiger partial charge in [-0.15, -0.1) is 0 Å². The number of aliphatic hydroxyl groups excluding tert-OH is 1. The van der Waals surface area contributed by atoms with Crippen molar-refractivity contribution < 1.29 is 19.7 Å². The Morgan fingerprint density at radius 3 is 3.06 bits per heavy atom. The summed E-state index contributed by atoms with van der Waals surface area (Å²) in [5, 5.41) is 17.9. The van der Waals surface area contributed by atoms with Crippen LogP contribution in [0.25, 0.3) is 0 Å². The number of fused-ring (bicyclic) bond motifs is 1. The van der Waals surface area contributed by atoms with E-state index in [4.69, 9.17) is 9.84 Å². The predicted molar refractivity (Wildman–Crippen MR) is 57.6 cm³/mol. The molecule has 86 valence electrons. The fourth-order valence-corrected chi connectivity index (χ4v) is 1.91. The number of hydrogen-bond donors (Lipinski definition) is 2. The Morgan fingerprint density at radius 1 is 1.62 bits per heavy atom. The molecule has 1 aliphatic rings. The van der Waals surface area contributed by atoms with Gasteiger partial charge in [-0.05, 0) is 24.1 Å². The molecule has 1 aromatic carbocycles. The molecule has 2 N–H and O–H groups in total. The quantitative estimate of drug-likeness (QED) is 0.800. The number of aliphatic carboxylic acids is 1. The number of carboxylic acid groups (broad SMARTS) is 1. The summed E-state index contributed by atoms with van der Waals surface area (Å²) < 4.78 is 5.54. The van der Waals surface area contributed by atoms with E-state index in [2.05, 4.69) is 0 Å². The van der Waals surface area contributed by atoms with E-state index in [9.17, 15) is 9.90 Å². The molecule has 0 radical (unpaired) electrons. The molecule has 0 aliphatic carbocycles. The summed E-state index contributed by atoms with van der Waals surface area (Å²) in [6, 6.07) is 5.54. The predicted octanol–water partition coefficient (Wildman–Crippen LogP) is 0.998. The molecule has 1 aromatic rings. The zero-order valence-electron chi connectivity index (χ0n) is 9.01. The molecule has 0 fully saturated rings. The van der Waals surface area contributed by atoms with Gasteiger partial charge in [0.1, 0.15) is 11.9 Å². The van der Waals surface area contributed by atoms with E-state index >= 15 is 0 Å². The average molecular weight is 222 g/mol. The largest absolute Gasteiger partial charge is 0.490 e. The monoisotopic (exact) mass is 222 g/mol. The van der Waals surface area contributed by atoms with Crippen LogP contribution < -0.4 is 4.74 Å². The molecule has 0 saturated carbocycles. The van der Waals surface area contributed by atoms with Crippen molar-refractivity contribution in [3.63, 3.8) is 0 Å². The topological polar surface area (TPSA) is 66.8 Å². The SMILES string of the molecule is CC1Cc2cc(CC(O)C(=O)O)ccc2O1. The highest BCUT2D eigenvalue weighted by Gasteiger charge is 2.20. The van der Waals surface area contributed by atoms with E-state index in [1.54, 1.807) is 6.07 Å². The van der Waals surface area contributed by atoms with E-state index in [0.717, 1.165) is 23.3 Å². The summed E-state index contributed by atoms with van der Waals surface area (Å²) in [6.45, 7) is 1.99. The highest BCUT2D eigenvalue weighted by atomic mass is 16.5. The number of carboxylic acids is 1. The maximum Gasteiger partial charge on any atom is 0.332 e. The van der Waals surface area contributed by atoms with Crippen LogP contribution >= 0.6 is 0 Å². The van der Waals surface area contributed by atoms with Crippen LogP contribution in [0.2, 0.25) is 0 Å². The van der Waals surface area contributed by atoms with E-state index in [-0.39, 0.29) is 12.5 Å². The zero-order valence-corrected chi connectivity index (χ0v) is 9.01. The van der Waals surface area contributed by atoms with Crippen LogP contribution in [0.5, 0.6) is 5.75 Å². The maximum atomic E-state index is 10.5. The zero-order chi connectivity index (χ0) is 11.7. The lowest BCUT2D eigenvalue weighted by Crippen LogP contribution is -2.21. The Balaban J connectivity index is 2.13. The summed E-state index contributed by atoms with van der Waals surface area (Å²) in [5.74, 6) is -0.328. The van der Waals surface area contributed by atoms with Gasteiger partial charge < -0.3 is 14.9 Å². The molecule has 1 heterocycles. The highest BCUT2D eigenvalue weighted by Crippen LogP contribution is 2.29. The lowest BCUT2D eigenvalue weighted by Gasteiger charge is -2.06. The van der Waals surface area contributed by atoms with E-state index in [1.165, 1.54) is 0 Å². The fourth-order valence-electron chi connectivity index (χ4n) is 1.91. The van der Waals surface area contributed by atoms with Gasteiger partial charge in [0.15, 0.2) is 6.10 Å². The third-order valence-corrected chi connectivity index (χ3v) is 2.67. The third kappa shape index (κ3) is 2.17. The Bertz CT molecular complexity index is 413. The normalized spacial score (nSPS) is 20.0. The van der Waals surface area contributed by atoms with Crippen LogP contribution in [0.15, 0.2) is 18.2 Å². The summed E-state index contributed by atoms with van der Waals surface area (Å²) >= 11 is 0. The molecule has 1 aliphatic heterocycles. The Kier molecular flexibility index (Phi) is 2.83. The van der Waals surface area contributed by atoms with Gasteiger partial charge in [0, 0.05) is 12.8 Å². The second-order valence-corrected chi connectivity index (χ2v) is 4.13. The third-order valence-electron chi connectivity index (χ3n) is 2.67. The van der Waals surface area contributed by atoms with E-state index in [1.807, 2.05) is 19.1 Å². The summed E-state index contributed by atoms with van der Waals surface area (Å²) in [7, 11) is 0. The minimum absolute atomic E-state index is 0.136. The first-order chi connectivity index (χ1) is 7.56. The standard InChI is InChI=1S/C12H14O4/c1-7-4-9-5-8(2-3-11(9)16-7)6-10(13)12(14)15/h2-3,5,7,10,13H,4,6H2,1H3,(H,14,15). The first kappa shape index (κ1) is 11.0. The van der Waals surface area contributed by atoms with Crippen molar-refractivity contribution in [2.45, 2.75) is 32.0 Å². The molecule has 0 amide bonds. The molecule has 16 heavy (non-hydrogen) atoms. The van der Waals surface area contributed by atoms with Crippen LogP contribution in [0.3, 0.4) is 0 Å². The number of aliphatic hydroxyl groups is 1. The molecule has 0 saturated heterocycles. The van der Waals surface area contributed by atoms with Crippen molar-refractivity contribution in [2.24, 2.45) is 0 Å². The van der Waals surface area contributed by atoms with Crippen LogP contribution in [0.1, 0.15) is 18.1 Å². The number of ether oxygens (including phenoxy) is 1. The lowest BCUT2D eigenvalue weighted by molar-refractivity contribution is -0.146. The van der Waals surface area contributed by atoms with Gasteiger partial charge in [-0.2, -0.15) is 0 Å². The summed E-state index contributed by atoms with van der Waals surface area (Å²) in [6.07, 6.45) is -0.184. The first-order valence-corrected chi connectivity index (χ1v) is 5.25. The maximum absolute atomic E-state index is 10.5. The van der Waals surface area contributed by atoms with Gasteiger partial charge >= 0.3 is 5.97 Å². The number of benzene rings is 1. The first-order valence-electron chi connectivity index (χ1n) is 5.25. The molecular formula is C12H14O4. The number of rotatable bonds is 3. The summed E-state index contributed by atoms with van der Waals surface area (Å²) in [4.78, 5) is 10.5. The van der Waals surface area contributed by atoms with Crippen molar-refractivity contribution in [2.75, 3.05) is 0 Å². The van der Waals surface area contributed by atoms with Gasteiger partial charge in [-0.1, -0.05) is 12.1 Å². The van der Waals surface area contributed by atoms with Gasteiger partial charge in [0.25, 0.3) is 0 Å². The van der Waals surface area contributed by atoms with Crippen molar-refractivity contribution in [1.29, 1.82) is 0 Å². The van der Waals surface area contributed by atoms with Crippen LogP contribution in [-0.4, -0.2) is 28.4 Å². The van der Waals surface area contributed by atoms with Gasteiger partial charge in [0.2, 0.25) is 0 Å². The minimum atomic E-state index is -1.34. The number of hydrogen-bond acceptors (Lipinski definition) is 3. The van der Waals surface area contributed by atoms with Crippen LogP contribution in [0.4, 0.5) is 0 Å². The Morgan fingerprint density at radius 2 is 2.38 bits per heavy atom. The molecular weight excluding hydrogens is 208 g/mol. The van der Waals surface area contributed by atoms with E-state index in [0.29, 0.717) is 0 Å². The van der Waals surface area contributed by atoms with Crippen LogP contribution in [-0.2, 0) is 17.6 Å². The van der Waals surface area contributed by atoms with Crippen molar-refractivity contribution in [1.82, 2.24) is 0 Å². The molecule has 0 aromatic heterocycles. The highest BCUT2D eigenvalue weighted by molar-refractivity contribution is 5.72. The molecule has 0 spiro atoms. The molecule has 2 unspecified atom stereocenters. The smallest absolute Gasteiger partial charge is 0.332 e. The fraction of sp³-hybridized carbons (Fsp3) is 0.417. The molecule has 4 heteroatoms. The molecule has 2 rings (SSSR count). The second-order valence-electron chi connectivity index (χ2n) is 4.13. The molecule has 0 bridgehead atoms. The Hall–Kier alpha value is -1.55. The summed E-state index contributed by atoms with van der Waals surface area (Å²) in [5.41, 5.74) is 1.91. The van der Waals surface area contributed by atoms with Gasteiger partial charge in [-0.25, -0.2) is 4.79 Å². The van der Waals surface area contributed by atoms with Crippen molar-refractivity contribution in [3.05, 3.63) is 29.3 Å². The number of carbonyl (C=O) groups is 1. The molecule has 2 atom stereocenters. The second kappa shape index (κ2) is 4.14. The lowest BCUT2D eigenvalue weighted by atomic mass is 10.0. The minimum Gasteiger partial charge on any atom is -0.490 e. The van der Waals surface area contributed by atoms with Gasteiger partial charge in [0.05, 0.1) is 0 Å². The van der Waals surface area contributed by atoms with Crippen molar-refractivity contribution in [3.8, 4) is 5.75 Å². The molecule has 4 nitrogen and oxygen atoms in total.